The summed E-state index contributed by atoms with van der Waals surface area (Å²) in [6.45, 7) is 7.17. The molecule has 2 aromatic carbocycles. The first-order valence-electron chi connectivity index (χ1n) is 12.9. The summed E-state index contributed by atoms with van der Waals surface area (Å²) >= 11 is 1.49. The summed E-state index contributed by atoms with van der Waals surface area (Å²) in [5.74, 6) is 1.51. The van der Waals surface area contributed by atoms with Crippen LogP contribution in [0.3, 0.4) is 0 Å². The van der Waals surface area contributed by atoms with E-state index in [1.54, 1.807) is 0 Å². The third kappa shape index (κ3) is 6.54. The van der Waals surface area contributed by atoms with Crippen molar-refractivity contribution in [2.75, 3.05) is 17.7 Å². The van der Waals surface area contributed by atoms with Crippen molar-refractivity contribution in [1.82, 2.24) is 0 Å². The fourth-order valence-electron chi connectivity index (χ4n) is 4.63. The van der Waals surface area contributed by atoms with Crippen LogP contribution in [0, 0.1) is 0 Å². The molecule has 0 aromatic heterocycles. The van der Waals surface area contributed by atoms with Crippen molar-refractivity contribution in [3.8, 4) is 5.75 Å². The smallest absolute Gasteiger partial charge is 0.234 e. The Morgan fingerprint density at radius 1 is 1.06 bits per heavy atom. The molecule has 5 nitrogen and oxygen atoms in total. The van der Waals surface area contributed by atoms with Gasteiger partial charge in [-0.25, -0.2) is 4.99 Å². The van der Waals surface area contributed by atoms with Gasteiger partial charge < -0.3 is 10.1 Å². The number of benzene rings is 2. The lowest BCUT2D eigenvalue weighted by molar-refractivity contribution is -0.113. The first kappa shape index (κ1) is 25.5. The van der Waals surface area contributed by atoms with Gasteiger partial charge in [-0.1, -0.05) is 63.6 Å². The highest BCUT2D eigenvalue weighted by molar-refractivity contribution is 8.16. The molecule has 1 amide bonds. The van der Waals surface area contributed by atoms with E-state index in [0.29, 0.717) is 11.7 Å². The molecule has 1 aliphatic carbocycles. The molecule has 0 bridgehead atoms. The van der Waals surface area contributed by atoms with Crippen molar-refractivity contribution >= 4 is 34.1 Å². The lowest BCUT2D eigenvalue weighted by Crippen LogP contribution is -2.25. The van der Waals surface area contributed by atoms with E-state index in [0.717, 1.165) is 78.5 Å². The molecule has 1 N–H and O–H groups in total. The maximum absolute atomic E-state index is 12.9. The number of rotatable bonds is 9. The molecule has 4 rings (SSSR count). The number of carbonyl (C=O) groups is 1. The molecule has 35 heavy (non-hydrogen) atoms. The van der Waals surface area contributed by atoms with E-state index >= 15 is 0 Å². The van der Waals surface area contributed by atoms with Crippen molar-refractivity contribution in [2.24, 2.45) is 9.98 Å². The Morgan fingerprint density at radius 2 is 1.80 bits per heavy atom. The molecule has 1 saturated carbocycles. The quantitative estimate of drug-likeness (QED) is 0.377. The van der Waals surface area contributed by atoms with Gasteiger partial charge >= 0.3 is 0 Å². The molecule has 2 aromatic rings. The summed E-state index contributed by atoms with van der Waals surface area (Å²) < 4.78 is 5.83. The molecule has 0 radical (unpaired) electrons. The highest BCUT2D eigenvalue weighted by atomic mass is 32.2. The van der Waals surface area contributed by atoms with Crippen LogP contribution < -0.4 is 10.1 Å². The molecule has 6 heteroatoms. The van der Waals surface area contributed by atoms with Crippen LogP contribution in [0.25, 0.3) is 0 Å². The maximum atomic E-state index is 12.9. The molecule has 2 aliphatic rings. The van der Waals surface area contributed by atoms with Gasteiger partial charge in [0.15, 0.2) is 5.66 Å². The average molecular weight is 492 g/mol. The number of aliphatic imine (C=N–C) groups is 2. The van der Waals surface area contributed by atoms with Gasteiger partial charge in [-0.05, 0) is 73.9 Å². The number of nitrogens with zero attached hydrogens (tertiary/aromatic N) is 2. The molecular formula is C29H37N3O2S. The molecule has 0 unspecified atom stereocenters. The van der Waals surface area contributed by atoms with Gasteiger partial charge in [-0.15, -0.1) is 0 Å². The number of amides is 1. The standard InChI is InChI=1S/C29H37N3O2S/c1-4-5-19-34-23-15-13-22(14-16-23)27-28(32-29(31-27)17-9-6-10-18-29)35-20-26(33)30-25-12-8-7-11-24(25)21(2)3/h7-8,11-16,21H,4-6,9-10,17-20H2,1-3H3,(H,30,33). The van der Waals surface area contributed by atoms with Gasteiger partial charge in [0.05, 0.1) is 18.1 Å². The highest BCUT2D eigenvalue weighted by Crippen LogP contribution is 2.39. The van der Waals surface area contributed by atoms with Crippen molar-refractivity contribution in [3.05, 3.63) is 59.7 Å². The lowest BCUT2D eigenvalue weighted by Gasteiger charge is -2.27. The van der Waals surface area contributed by atoms with Crippen LogP contribution >= 0.6 is 11.8 Å². The number of unbranched alkanes of at least 4 members (excludes halogenated alkanes) is 1. The van der Waals surface area contributed by atoms with E-state index in [-0.39, 0.29) is 11.6 Å². The van der Waals surface area contributed by atoms with Crippen molar-refractivity contribution in [3.63, 3.8) is 0 Å². The minimum atomic E-state index is -0.354. The SMILES string of the molecule is CCCCOc1ccc(C2=NC3(CCCCC3)N=C2SCC(=O)Nc2ccccc2C(C)C)cc1. The molecular weight excluding hydrogens is 454 g/mol. The van der Waals surface area contributed by atoms with Gasteiger partial charge in [0.25, 0.3) is 0 Å². The Morgan fingerprint density at radius 3 is 2.51 bits per heavy atom. The molecule has 1 spiro atoms. The second-order valence-corrected chi connectivity index (χ2v) is 10.7. The zero-order chi connectivity index (χ0) is 24.7. The molecule has 0 atom stereocenters. The Labute approximate surface area is 213 Å². The normalized spacial score (nSPS) is 16.8. The molecule has 1 fully saturated rings. The molecule has 1 aliphatic heterocycles. The molecule has 1 heterocycles. The first-order chi connectivity index (χ1) is 17.0. The number of thioether (sulfide) groups is 1. The summed E-state index contributed by atoms with van der Waals surface area (Å²) in [5.41, 5.74) is 3.62. The number of para-hydroxylation sites is 1. The Hall–Kier alpha value is -2.60. The largest absolute Gasteiger partial charge is 0.494 e. The van der Waals surface area contributed by atoms with Crippen LogP contribution in [0.15, 0.2) is 58.5 Å². The fraction of sp³-hybridized carbons (Fsp3) is 0.483. The highest BCUT2D eigenvalue weighted by Gasteiger charge is 2.37. The van der Waals surface area contributed by atoms with Crippen LogP contribution in [0.1, 0.15) is 82.8 Å². The van der Waals surface area contributed by atoms with Gasteiger partial charge in [-0.3, -0.25) is 9.79 Å². The lowest BCUT2D eigenvalue weighted by atomic mass is 9.90. The van der Waals surface area contributed by atoms with E-state index in [9.17, 15) is 4.79 Å². The second-order valence-electron chi connectivity index (χ2n) is 9.73. The van der Waals surface area contributed by atoms with Crippen LogP contribution in [0.5, 0.6) is 5.75 Å². The first-order valence-corrected chi connectivity index (χ1v) is 13.9. The van der Waals surface area contributed by atoms with Gasteiger partial charge in [0.1, 0.15) is 10.8 Å². The number of nitrogens with one attached hydrogen (secondary N) is 1. The average Bonchev–Trinajstić information content (AvgIpc) is 3.21. The van der Waals surface area contributed by atoms with Crippen LogP contribution in [0.2, 0.25) is 0 Å². The second kappa shape index (κ2) is 11.9. The summed E-state index contributed by atoms with van der Waals surface area (Å²) in [4.78, 5) is 23.1. The Kier molecular flexibility index (Phi) is 8.66. The van der Waals surface area contributed by atoms with E-state index in [2.05, 4.69) is 44.3 Å². The predicted molar refractivity (Wildman–Crippen MR) is 148 cm³/mol. The van der Waals surface area contributed by atoms with E-state index in [1.165, 1.54) is 18.2 Å². The fourth-order valence-corrected chi connectivity index (χ4v) is 5.51. The van der Waals surface area contributed by atoms with E-state index < -0.39 is 0 Å². The van der Waals surface area contributed by atoms with Crippen molar-refractivity contribution in [1.29, 1.82) is 0 Å². The Balaban J connectivity index is 1.47. The van der Waals surface area contributed by atoms with Crippen LogP contribution in [0.4, 0.5) is 5.69 Å². The predicted octanol–water partition coefficient (Wildman–Crippen LogP) is 7.22. The number of hydrogen-bond donors (Lipinski definition) is 1. The zero-order valence-corrected chi connectivity index (χ0v) is 22.0. The van der Waals surface area contributed by atoms with Crippen molar-refractivity contribution < 1.29 is 9.53 Å². The zero-order valence-electron chi connectivity index (χ0n) is 21.2. The number of ether oxygens (including phenoxy) is 1. The third-order valence-electron chi connectivity index (χ3n) is 6.58. The summed E-state index contributed by atoms with van der Waals surface area (Å²) in [7, 11) is 0. The van der Waals surface area contributed by atoms with Gasteiger partial charge in [-0.2, -0.15) is 0 Å². The van der Waals surface area contributed by atoms with Gasteiger partial charge in [0.2, 0.25) is 5.91 Å². The van der Waals surface area contributed by atoms with Crippen molar-refractivity contribution in [2.45, 2.75) is 77.3 Å². The number of hydrogen-bond acceptors (Lipinski definition) is 5. The topological polar surface area (TPSA) is 63.1 Å². The maximum Gasteiger partial charge on any atom is 0.234 e. The molecule has 0 saturated heterocycles. The van der Waals surface area contributed by atoms with Crippen LogP contribution in [-0.2, 0) is 4.79 Å². The minimum absolute atomic E-state index is 0.0191. The van der Waals surface area contributed by atoms with Crippen LogP contribution in [-0.4, -0.2) is 34.7 Å². The monoisotopic (exact) mass is 491 g/mol. The Bertz CT molecular complexity index is 1070. The summed E-state index contributed by atoms with van der Waals surface area (Å²) in [5, 5.41) is 3.98. The summed E-state index contributed by atoms with van der Waals surface area (Å²) in [6, 6.07) is 16.2. The van der Waals surface area contributed by atoms with Gasteiger partial charge in [0, 0.05) is 11.3 Å². The summed E-state index contributed by atoms with van der Waals surface area (Å²) in [6.07, 6.45) is 7.66. The number of carbonyl (C=O) groups excluding carboxylic acids is 1. The van der Waals surface area contributed by atoms with E-state index in [1.807, 2.05) is 30.3 Å². The minimum Gasteiger partial charge on any atom is -0.494 e. The molecule has 186 valence electrons. The van der Waals surface area contributed by atoms with E-state index in [4.69, 9.17) is 14.7 Å². The number of anilines is 1. The third-order valence-corrected chi connectivity index (χ3v) is 7.54.